The Labute approximate surface area is 109 Å². The summed E-state index contributed by atoms with van der Waals surface area (Å²) in [5, 5.41) is 1.14. The molecule has 3 heterocycles. The van der Waals surface area contributed by atoms with Crippen molar-refractivity contribution in [3.63, 3.8) is 0 Å². The predicted molar refractivity (Wildman–Crippen MR) is 74.2 cm³/mol. The van der Waals surface area contributed by atoms with E-state index in [9.17, 15) is 0 Å². The highest BCUT2D eigenvalue weighted by molar-refractivity contribution is 6.06. The molecule has 0 aliphatic heterocycles. The number of hydrogen-bond donors (Lipinski definition) is 0. The molecule has 4 nitrogen and oxygen atoms in total. The Bertz CT molecular complexity index is 812. The summed E-state index contributed by atoms with van der Waals surface area (Å²) in [5.74, 6) is 0.856. The third-order valence-corrected chi connectivity index (χ3v) is 3.22. The van der Waals surface area contributed by atoms with Gasteiger partial charge in [-0.05, 0) is 24.3 Å². The van der Waals surface area contributed by atoms with E-state index in [-0.39, 0.29) is 0 Å². The molecule has 3 aromatic heterocycles. The number of fused-ring (bicyclic) bond motifs is 3. The van der Waals surface area contributed by atoms with E-state index in [4.69, 9.17) is 0 Å². The van der Waals surface area contributed by atoms with Crippen LogP contribution in [-0.4, -0.2) is 19.5 Å². The van der Waals surface area contributed by atoms with Crippen LogP contribution in [0.1, 0.15) is 0 Å². The van der Waals surface area contributed by atoms with Gasteiger partial charge in [0, 0.05) is 17.8 Å². The highest BCUT2D eigenvalue weighted by Gasteiger charge is 2.12. The van der Waals surface area contributed by atoms with Crippen LogP contribution in [0.5, 0.6) is 0 Å². The van der Waals surface area contributed by atoms with E-state index in [1.54, 1.807) is 12.5 Å². The maximum atomic E-state index is 4.49. The topological polar surface area (TPSA) is 43.6 Å². The van der Waals surface area contributed by atoms with Crippen molar-refractivity contribution < 1.29 is 0 Å². The molecule has 1 aromatic carbocycles. The number of rotatable bonds is 1. The van der Waals surface area contributed by atoms with Crippen molar-refractivity contribution in [2.75, 3.05) is 0 Å². The summed E-state index contributed by atoms with van der Waals surface area (Å²) in [6.07, 6.45) is 5.13. The summed E-state index contributed by atoms with van der Waals surface area (Å²) >= 11 is 0. The molecular weight excluding hydrogens is 236 g/mol. The van der Waals surface area contributed by atoms with E-state index >= 15 is 0 Å². The van der Waals surface area contributed by atoms with Crippen molar-refractivity contribution in [1.29, 1.82) is 0 Å². The number of hydrogen-bond acceptors (Lipinski definition) is 3. The Morgan fingerprint density at radius 3 is 2.58 bits per heavy atom. The van der Waals surface area contributed by atoms with Crippen LogP contribution < -0.4 is 0 Å². The highest BCUT2D eigenvalue weighted by Crippen LogP contribution is 2.29. The second-order valence-corrected chi connectivity index (χ2v) is 4.29. The lowest BCUT2D eigenvalue weighted by Gasteiger charge is -2.04. The van der Waals surface area contributed by atoms with Crippen molar-refractivity contribution >= 4 is 21.9 Å². The van der Waals surface area contributed by atoms with Gasteiger partial charge in [0.05, 0.1) is 16.6 Å². The van der Waals surface area contributed by atoms with E-state index in [2.05, 4.69) is 37.7 Å². The van der Waals surface area contributed by atoms with Crippen molar-refractivity contribution in [2.45, 2.75) is 0 Å². The number of aromatic nitrogens is 4. The van der Waals surface area contributed by atoms with E-state index in [1.807, 2.05) is 30.5 Å². The van der Waals surface area contributed by atoms with Crippen LogP contribution in [0.4, 0.5) is 0 Å². The normalized spacial score (nSPS) is 11.2. The first-order valence-electron chi connectivity index (χ1n) is 6.06. The summed E-state index contributed by atoms with van der Waals surface area (Å²) in [7, 11) is 0. The molecule has 0 spiro atoms. The molecule has 0 saturated carbocycles. The Hall–Kier alpha value is -2.75. The van der Waals surface area contributed by atoms with E-state index in [0.29, 0.717) is 0 Å². The quantitative estimate of drug-likeness (QED) is 0.518. The van der Waals surface area contributed by atoms with Gasteiger partial charge in [-0.25, -0.2) is 9.97 Å². The third kappa shape index (κ3) is 1.43. The summed E-state index contributed by atoms with van der Waals surface area (Å²) in [4.78, 5) is 12.8. The molecule has 4 aromatic rings. The molecule has 0 bridgehead atoms. The SMILES string of the molecule is c1ccc2c(c1)c1ncccc1n2-c1ccncn1. The van der Waals surface area contributed by atoms with Gasteiger partial charge in [-0.1, -0.05) is 18.2 Å². The second kappa shape index (κ2) is 3.88. The Morgan fingerprint density at radius 1 is 0.789 bits per heavy atom. The number of pyridine rings is 1. The van der Waals surface area contributed by atoms with Crippen LogP contribution in [0.2, 0.25) is 0 Å². The average molecular weight is 246 g/mol. The fraction of sp³-hybridized carbons (Fsp3) is 0. The fourth-order valence-electron chi connectivity index (χ4n) is 2.45. The zero-order valence-electron chi connectivity index (χ0n) is 10.1. The molecular formula is C15H10N4. The minimum Gasteiger partial charge on any atom is -0.292 e. The third-order valence-electron chi connectivity index (χ3n) is 3.22. The van der Waals surface area contributed by atoms with Gasteiger partial charge in [-0.3, -0.25) is 9.55 Å². The first-order chi connectivity index (χ1) is 9.45. The molecule has 0 amide bonds. The molecule has 90 valence electrons. The minimum absolute atomic E-state index is 0.856. The van der Waals surface area contributed by atoms with Gasteiger partial charge in [0.1, 0.15) is 12.1 Å². The smallest absolute Gasteiger partial charge is 0.141 e. The molecule has 0 fully saturated rings. The molecule has 0 radical (unpaired) electrons. The maximum absolute atomic E-state index is 4.49. The molecule has 0 aliphatic rings. The van der Waals surface area contributed by atoms with Crippen molar-refractivity contribution in [3.8, 4) is 5.82 Å². The van der Waals surface area contributed by atoms with Crippen LogP contribution in [0.15, 0.2) is 61.2 Å². The number of para-hydroxylation sites is 1. The van der Waals surface area contributed by atoms with Crippen LogP contribution in [0.25, 0.3) is 27.8 Å². The van der Waals surface area contributed by atoms with Gasteiger partial charge in [0.15, 0.2) is 0 Å². The first kappa shape index (κ1) is 10.2. The van der Waals surface area contributed by atoms with Crippen molar-refractivity contribution in [2.24, 2.45) is 0 Å². The largest absolute Gasteiger partial charge is 0.292 e. The summed E-state index contributed by atoms with van der Waals surface area (Å²) in [6.45, 7) is 0. The van der Waals surface area contributed by atoms with E-state index < -0.39 is 0 Å². The Morgan fingerprint density at radius 2 is 1.68 bits per heavy atom. The minimum atomic E-state index is 0.856. The molecule has 0 unspecified atom stereocenters. The van der Waals surface area contributed by atoms with Gasteiger partial charge in [-0.15, -0.1) is 0 Å². The number of benzene rings is 1. The van der Waals surface area contributed by atoms with Crippen LogP contribution >= 0.6 is 0 Å². The van der Waals surface area contributed by atoms with Crippen LogP contribution in [0.3, 0.4) is 0 Å². The molecule has 0 atom stereocenters. The van der Waals surface area contributed by atoms with Crippen LogP contribution in [0, 0.1) is 0 Å². The maximum Gasteiger partial charge on any atom is 0.141 e. The first-order valence-corrected chi connectivity index (χ1v) is 6.06. The zero-order valence-corrected chi connectivity index (χ0v) is 10.1. The van der Waals surface area contributed by atoms with Gasteiger partial charge < -0.3 is 0 Å². The molecule has 0 aliphatic carbocycles. The van der Waals surface area contributed by atoms with E-state index in [0.717, 1.165) is 27.8 Å². The predicted octanol–water partition coefficient (Wildman–Crippen LogP) is 2.97. The summed E-state index contributed by atoms with van der Waals surface area (Å²) < 4.78 is 2.11. The van der Waals surface area contributed by atoms with Gasteiger partial charge in [0.25, 0.3) is 0 Å². The monoisotopic (exact) mass is 246 g/mol. The molecule has 4 rings (SSSR count). The van der Waals surface area contributed by atoms with Crippen molar-refractivity contribution in [3.05, 3.63) is 61.2 Å². The molecule has 0 N–H and O–H groups in total. The van der Waals surface area contributed by atoms with E-state index in [1.165, 1.54) is 0 Å². The number of nitrogens with zero attached hydrogens (tertiary/aromatic N) is 4. The lowest BCUT2D eigenvalue weighted by molar-refractivity contribution is 1.04. The Kier molecular flexibility index (Phi) is 2.08. The van der Waals surface area contributed by atoms with Gasteiger partial charge >= 0.3 is 0 Å². The van der Waals surface area contributed by atoms with Crippen LogP contribution in [-0.2, 0) is 0 Å². The molecule has 4 heteroatoms. The molecule has 19 heavy (non-hydrogen) atoms. The standard InChI is InChI=1S/C15H10N4/c1-2-5-12-11(4-1)15-13(6-3-8-17-15)19(12)14-7-9-16-10-18-14/h1-10H. The molecule has 0 saturated heterocycles. The summed E-state index contributed by atoms with van der Waals surface area (Å²) in [6, 6.07) is 14.1. The van der Waals surface area contributed by atoms with Crippen molar-refractivity contribution in [1.82, 2.24) is 19.5 Å². The van der Waals surface area contributed by atoms with Gasteiger partial charge in [0.2, 0.25) is 0 Å². The summed E-state index contributed by atoms with van der Waals surface area (Å²) in [5.41, 5.74) is 3.16. The fourth-order valence-corrected chi connectivity index (χ4v) is 2.45. The average Bonchev–Trinajstić information content (AvgIpc) is 2.83. The lowest BCUT2D eigenvalue weighted by atomic mass is 10.2. The van der Waals surface area contributed by atoms with Gasteiger partial charge in [-0.2, -0.15) is 0 Å². The lowest BCUT2D eigenvalue weighted by Crippen LogP contribution is -1.96. The highest BCUT2D eigenvalue weighted by atomic mass is 15.1. The zero-order chi connectivity index (χ0) is 12.7. The Balaban J connectivity index is 2.24. The second-order valence-electron chi connectivity index (χ2n) is 4.29.